The van der Waals surface area contributed by atoms with E-state index in [2.05, 4.69) is 5.32 Å². The second kappa shape index (κ2) is 7.53. The molecule has 0 radical (unpaired) electrons. The van der Waals surface area contributed by atoms with Gasteiger partial charge < -0.3 is 25.6 Å². The van der Waals surface area contributed by atoms with Gasteiger partial charge in [-0.3, -0.25) is 0 Å². The SMILES string of the molecule is CC(C)(C)OC(=O)N[C@@H](CCOc1ccccc1N)C(=O)O. The molecule has 1 aromatic rings. The van der Waals surface area contributed by atoms with Gasteiger partial charge in [-0.25, -0.2) is 9.59 Å². The number of para-hydroxylation sites is 2. The molecule has 0 bridgehead atoms. The van der Waals surface area contributed by atoms with E-state index in [1.807, 2.05) is 0 Å². The molecule has 22 heavy (non-hydrogen) atoms. The quantitative estimate of drug-likeness (QED) is 0.693. The highest BCUT2D eigenvalue weighted by Crippen LogP contribution is 2.19. The molecule has 0 aromatic heterocycles. The minimum absolute atomic E-state index is 0.0862. The van der Waals surface area contributed by atoms with Crippen molar-refractivity contribution >= 4 is 17.7 Å². The summed E-state index contributed by atoms with van der Waals surface area (Å²) < 4.78 is 10.4. The first-order valence-electron chi connectivity index (χ1n) is 6.88. The highest BCUT2D eigenvalue weighted by Gasteiger charge is 2.23. The number of alkyl carbamates (subject to hydrolysis) is 1. The fourth-order valence-corrected chi connectivity index (χ4v) is 1.61. The average molecular weight is 310 g/mol. The Labute approximate surface area is 129 Å². The molecule has 122 valence electrons. The molecule has 0 spiro atoms. The number of anilines is 1. The largest absolute Gasteiger partial charge is 0.491 e. The summed E-state index contributed by atoms with van der Waals surface area (Å²) in [6, 6.07) is 5.81. The smallest absolute Gasteiger partial charge is 0.408 e. The van der Waals surface area contributed by atoms with Crippen LogP contribution in [-0.2, 0) is 9.53 Å². The van der Waals surface area contributed by atoms with Gasteiger partial charge in [-0.1, -0.05) is 12.1 Å². The van der Waals surface area contributed by atoms with Crippen molar-refractivity contribution in [2.75, 3.05) is 12.3 Å². The van der Waals surface area contributed by atoms with Crippen molar-refractivity contribution in [3.63, 3.8) is 0 Å². The van der Waals surface area contributed by atoms with Crippen molar-refractivity contribution < 1.29 is 24.2 Å². The van der Waals surface area contributed by atoms with Gasteiger partial charge in [0.2, 0.25) is 0 Å². The normalized spacial score (nSPS) is 12.3. The summed E-state index contributed by atoms with van der Waals surface area (Å²) in [5.74, 6) is -0.681. The molecule has 0 fully saturated rings. The number of carboxylic acids is 1. The molecule has 0 saturated heterocycles. The fourth-order valence-electron chi connectivity index (χ4n) is 1.61. The first-order valence-corrected chi connectivity index (χ1v) is 6.88. The summed E-state index contributed by atoms with van der Waals surface area (Å²) >= 11 is 0. The molecule has 1 aromatic carbocycles. The monoisotopic (exact) mass is 310 g/mol. The summed E-state index contributed by atoms with van der Waals surface area (Å²) in [5, 5.41) is 11.4. The lowest BCUT2D eigenvalue weighted by atomic mass is 10.2. The van der Waals surface area contributed by atoms with Crippen molar-refractivity contribution in [1.29, 1.82) is 0 Å². The van der Waals surface area contributed by atoms with E-state index in [4.69, 9.17) is 20.3 Å². The lowest BCUT2D eigenvalue weighted by molar-refractivity contribution is -0.139. The topological polar surface area (TPSA) is 111 Å². The van der Waals surface area contributed by atoms with E-state index in [9.17, 15) is 9.59 Å². The Balaban J connectivity index is 2.50. The van der Waals surface area contributed by atoms with Crippen molar-refractivity contribution in [3.8, 4) is 5.75 Å². The van der Waals surface area contributed by atoms with Crippen LogP contribution in [0.1, 0.15) is 27.2 Å². The first kappa shape index (κ1) is 17.6. The number of ether oxygens (including phenoxy) is 2. The zero-order valence-electron chi connectivity index (χ0n) is 13.0. The third kappa shape index (κ3) is 6.34. The summed E-state index contributed by atoms with van der Waals surface area (Å²) in [5.41, 5.74) is 5.49. The summed E-state index contributed by atoms with van der Waals surface area (Å²) in [6.45, 7) is 5.19. The summed E-state index contributed by atoms with van der Waals surface area (Å²) in [6.07, 6.45) is -0.692. The highest BCUT2D eigenvalue weighted by atomic mass is 16.6. The molecule has 1 rings (SSSR count). The van der Waals surface area contributed by atoms with Gasteiger partial charge >= 0.3 is 12.1 Å². The zero-order valence-corrected chi connectivity index (χ0v) is 13.0. The number of nitrogens with two attached hydrogens (primary N) is 1. The van der Waals surface area contributed by atoms with E-state index in [-0.39, 0.29) is 13.0 Å². The predicted octanol–water partition coefficient (Wildman–Crippen LogP) is 2.02. The molecule has 0 aliphatic rings. The number of rotatable bonds is 6. The molecule has 0 unspecified atom stereocenters. The molecule has 0 aliphatic heterocycles. The maximum atomic E-state index is 11.6. The van der Waals surface area contributed by atoms with Crippen molar-refractivity contribution in [3.05, 3.63) is 24.3 Å². The molecule has 7 heteroatoms. The van der Waals surface area contributed by atoms with Crippen molar-refractivity contribution in [2.45, 2.75) is 38.8 Å². The molecular formula is C15H22N2O5. The number of nitrogen functional groups attached to an aromatic ring is 1. The number of aliphatic carboxylic acids is 1. The number of nitrogens with one attached hydrogen (secondary N) is 1. The van der Waals surface area contributed by atoms with Gasteiger partial charge in [0.05, 0.1) is 12.3 Å². The van der Waals surface area contributed by atoms with Gasteiger partial charge in [0, 0.05) is 6.42 Å². The van der Waals surface area contributed by atoms with Gasteiger partial charge in [-0.15, -0.1) is 0 Å². The Morgan fingerprint density at radius 3 is 2.50 bits per heavy atom. The second-order valence-electron chi connectivity index (χ2n) is 5.71. The zero-order chi connectivity index (χ0) is 16.8. The van der Waals surface area contributed by atoms with Crippen molar-refractivity contribution in [2.24, 2.45) is 0 Å². The molecular weight excluding hydrogens is 288 g/mol. The van der Waals surface area contributed by atoms with Gasteiger partial charge in [0.1, 0.15) is 17.4 Å². The van der Waals surface area contributed by atoms with E-state index in [1.54, 1.807) is 45.0 Å². The van der Waals surface area contributed by atoms with Gasteiger partial charge in [-0.2, -0.15) is 0 Å². The summed E-state index contributed by atoms with van der Waals surface area (Å²) in [7, 11) is 0. The van der Waals surface area contributed by atoms with Crippen LogP contribution in [0.15, 0.2) is 24.3 Å². The highest BCUT2D eigenvalue weighted by molar-refractivity contribution is 5.80. The molecule has 7 nitrogen and oxygen atoms in total. The van der Waals surface area contributed by atoms with Crippen LogP contribution in [-0.4, -0.2) is 35.4 Å². The van der Waals surface area contributed by atoms with Crippen LogP contribution in [0.25, 0.3) is 0 Å². The van der Waals surface area contributed by atoms with E-state index < -0.39 is 23.7 Å². The number of carbonyl (C=O) groups excluding carboxylic acids is 1. The summed E-state index contributed by atoms with van der Waals surface area (Å²) in [4.78, 5) is 22.8. The fraction of sp³-hybridized carbons (Fsp3) is 0.467. The minimum atomic E-state index is -1.16. The molecule has 0 saturated carbocycles. The van der Waals surface area contributed by atoms with Crippen molar-refractivity contribution in [1.82, 2.24) is 5.32 Å². The van der Waals surface area contributed by atoms with Crippen LogP contribution in [0.4, 0.5) is 10.5 Å². The number of hydrogen-bond acceptors (Lipinski definition) is 5. The molecule has 4 N–H and O–H groups in total. The Bertz CT molecular complexity index is 525. The van der Waals surface area contributed by atoms with E-state index >= 15 is 0 Å². The van der Waals surface area contributed by atoms with Crippen LogP contribution in [0.3, 0.4) is 0 Å². The van der Waals surface area contributed by atoms with Crippen LogP contribution in [0.5, 0.6) is 5.75 Å². The third-order valence-corrected chi connectivity index (χ3v) is 2.57. The Hall–Kier alpha value is -2.44. The van der Waals surface area contributed by atoms with Crippen LogP contribution in [0.2, 0.25) is 0 Å². The molecule has 0 heterocycles. The standard InChI is InChI=1S/C15H22N2O5/c1-15(2,3)22-14(20)17-11(13(18)19)8-9-21-12-7-5-4-6-10(12)16/h4-7,11H,8-9,16H2,1-3H3,(H,17,20)(H,18,19)/t11-/m0/s1. The van der Waals surface area contributed by atoms with E-state index in [0.717, 1.165) is 0 Å². The molecule has 0 aliphatic carbocycles. The predicted molar refractivity (Wildman–Crippen MR) is 81.8 cm³/mol. The van der Waals surface area contributed by atoms with Gasteiger partial charge in [0.25, 0.3) is 0 Å². The Morgan fingerprint density at radius 1 is 1.32 bits per heavy atom. The Morgan fingerprint density at radius 2 is 1.95 bits per heavy atom. The minimum Gasteiger partial charge on any atom is -0.491 e. The first-order chi connectivity index (χ1) is 10.2. The van der Waals surface area contributed by atoms with Crippen LogP contribution >= 0.6 is 0 Å². The van der Waals surface area contributed by atoms with Gasteiger partial charge in [0.15, 0.2) is 0 Å². The lowest BCUT2D eigenvalue weighted by Crippen LogP contribution is -2.44. The van der Waals surface area contributed by atoms with E-state index in [1.165, 1.54) is 0 Å². The Kier molecular flexibility index (Phi) is 6.03. The number of carboxylic acid groups (broad SMARTS) is 1. The molecule has 1 amide bonds. The maximum Gasteiger partial charge on any atom is 0.408 e. The second-order valence-corrected chi connectivity index (χ2v) is 5.71. The average Bonchev–Trinajstić information content (AvgIpc) is 2.37. The lowest BCUT2D eigenvalue weighted by Gasteiger charge is -2.22. The molecule has 1 atom stereocenters. The van der Waals surface area contributed by atoms with Crippen LogP contribution < -0.4 is 15.8 Å². The third-order valence-electron chi connectivity index (χ3n) is 2.57. The number of hydrogen-bond donors (Lipinski definition) is 3. The number of benzene rings is 1. The van der Waals surface area contributed by atoms with Gasteiger partial charge in [-0.05, 0) is 32.9 Å². The maximum absolute atomic E-state index is 11.6. The van der Waals surface area contributed by atoms with E-state index in [0.29, 0.717) is 11.4 Å². The number of amides is 1. The number of carbonyl (C=O) groups is 2. The van der Waals surface area contributed by atoms with Crippen LogP contribution in [0, 0.1) is 0 Å².